The van der Waals surface area contributed by atoms with Crippen LogP contribution in [0.1, 0.15) is 32.1 Å². The molecular formula is C16H30N2O4. The summed E-state index contributed by atoms with van der Waals surface area (Å²) in [6.45, 7) is 3.45. The Morgan fingerprint density at radius 1 is 1.18 bits per heavy atom. The monoisotopic (exact) mass is 314 g/mol. The van der Waals surface area contributed by atoms with Gasteiger partial charge in [0.05, 0.1) is 25.4 Å². The molecule has 0 aromatic heterocycles. The summed E-state index contributed by atoms with van der Waals surface area (Å²) < 4.78 is 16.1. The highest BCUT2D eigenvalue weighted by molar-refractivity contribution is 5.74. The van der Waals surface area contributed by atoms with Crippen molar-refractivity contribution in [1.29, 1.82) is 0 Å². The first-order chi connectivity index (χ1) is 10.7. The lowest BCUT2D eigenvalue weighted by molar-refractivity contribution is -0.0350. The number of nitrogens with zero attached hydrogens (tertiary/aromatic N) is 1. The van der Waals surface area contributed by atoms with Crippen LogP contribution in [0.15, 0.2) is 0 Å². The lowest BCUT2D eigenvalue weighted by Crippen LogP contribution is -2.51. The van der Waals surface area contributed by atoms with E-state index in [9.17, 15) is 4.79 Å². The van der Waals surface area contributed by atoms with E-state index in [1.165, 1.54) is 19.3 Å². The zero-order chi connectivity index (χ0) is 15.8. The fraction of sp³-hybridized carbons (Fsp3) is 0.938. The van der Waals surface area contributed by atoms with Crippen molar-refractivity contribution in [3.63, 3.8) is 0 Å². The van der Waals surface area contributed by atoms with Crippen LogP contribution in [0.5, 0.6) is 0 Å². The molecule has 1 unspecified atom stereocenters. The standard InChI is InChI=1S/C16H30N2O4/c1-20-11-14(12-21-2)17-16(19)18-8-6-13(7-9-18)15-5-3-4-10-22-15/h13-15H,3-12H2,1-2H3,(H,17,19). The summed E-state index contributed by atoms with van der Waals surface area (Å²) >= 11 is 0. The third kappa shape index (κ3) is 5.11. The van der Waals surface area contributed by atoms with Gasteiger partial charge in [-0.15, -0.1) is 0 Å². The number of rotatable bonds is 6. The van der Waals surface area contributed by atoms with Crippen LogP contribution < -0.4 is 5.32 Å². The largest absolute Gasteiger partial charge is 0.382 e. The summed E-state index contributed by atoms with van der Waals surface area (Å²) in [5.41, 5.74) is 0. The van der Waals surface area contributed by atoms with Gasteiger partial charge in [-0.2, -0.15) is 0 Å². The zero-order valence-corrected chi connectivity index (χ0v) is 13.9. The van der Waals surface area contributed by atoms with Crippen molar-refractivity contribution in [3.8, 4) is 0 Å². The van der Waals surface area contributed by atoms with E-state index in [0.29, 0.717) is 25.2 Å². The molecule has 6 heteroatoms. The number of urea groups is 1. The van der Waals surface area contributed by atoms with Gasteiger partial charge in [-0.1, -0.05) is 0 Å². The lowest BCUT2D eigenvalue weighted by atomic mass is 9.87. The van der Waals surface area contributed by atoms with Crippen LogP contribution in [-0.4, -0.2) is 70.2 Å². The van der Waals surface area contributed by atoms with Crippen molar-refractivity contribution < 1.29 is 19.0 Å². The number of carbonyl (C=O) groups is 1. The van der Waals surface area contributed by atoms with Gasteiger partial charge in [-0.3, -0.25) is 0 Å². The Morgan fingerprint density at radius 2 is 1.86 bits per heavy atom. The van der Waals surface area contributed by atoms with Gasteiger partial charge >= 0.3 is 6.03 Å². The van der Waals surface area contributed by atoms with E-state index in [0.717, 1.165) is 32.5 Å². The molecule has 0 spiro atoms. The fourth-order valence-corrected chi connectivity index (χ4v) is 3.41. The highest BCUT2D eigenvalue weighted by Crippen LogP contribution is 2.28. The molecule has 0 bridgehead atoms. The summed E-state index contributed by atoms with van der Waals surface area (Å²) in [4.78, 5) is 14.2. The molecule has 1 atom stereocenters. The maximum atomic E-state index is 12.3. The van der Waals surface area contributed by atoms with Gasteiger partial charge in [0.25, 0.3) is 0 Å². The molecule has 22 heavy (non-hydrogen) atoms. The molecule has 2 heterocycles. The van der Waals surface area contributed by atoms with Crippen molar-refractivity contribution >= 4 is 6.03 Å². The maximum Gasteiger partial charge on any atom is 0.317 e. The number of hydrogen-bond acceptors (Lipinski definition) is 4. The topological polar surface area (TPSA) is 60.0 Å². The number of hydrogen-bond donors (Lipinski definition) is 1. The van der Waals surface area contributed by atoms with Gasteiger partial charge < -0.3 is 24.4 Å². The van der Waals surface area contributed by atoms with Crippen LogP contribution in [0, 0.1) is 5.92 Å². The Labute approximate surface area is 133 Å². The second-order valence-electron chi connectivity index (χ2n) is 6.29. The minimum Gasteiger partial charge on any atom is -0.382 e. The van der Waals surface area contributed by atoms with E-state index in [1.807, 2.05) is 4.90 Å². The normalized spacial score (nSPS) is 23.8. The van der Waals surface area contributed by atoms with Gasteiger partial charge in [0.1, 0.15) is 0 Å². The fourth-order valence-electron chi connectivity index (χ4n) is 3.41. The van der Waals surface area contributed by atoms with Gasteiger partial charge in [0, 0.05) is 33.9 Å². The van der Waals surface area contributed by atoms with Crippen molar-refractivity contribution in [2.45, 2.75) is 44.2 Å². The predicted molar refractivity (Wildman–Crippen MR) is 84.0 cm³/mol. The van der Waals surface area contributed by atoms with Gasteiger partial charge in [0.15, 0.2) is 0 Å². The number of carbonyl (C=O) groups excluding carboxylic acids is 1. The molecule has 2 saturated heterocycles. The molecule has 128 valence electrons. The van der Waals surface area contributed by atoms with E-state index in [2.05, 4.69) is 5.32 Å². The predicted octanol–water partition coefficient (Wildman–Crippen LogP) is 1.64. The lowest BCUT2D eigenvalue weighted by Gasteiger charge is -2.37. The first-order valence-corrected chi connectivity index (χ1v) is 8.39. The quantitative estimate of drug-likeness (QED) is 0.810. The second-order valence-corrected chi connectivity index (χ2v) is 6.29. The SMILES string of the molecule is COCC(COC)NC(=O)N1CCC(C2CCCCO2)CC1. The first kappa shape index (κ1) is 17.5. The smallest absolute Gasteiger partial charge is 0.317 e. The van der Waals surface area contributed by atoms with E-state index < -0.39 is 0 Å². The number of nitrogens with one attached hydrogen (secondary N) is 1. The Hall–Kier alpha value is -0.850. The Bertz CT molecular complexity index is 320. The molecule has 0 radical (unpaired) electrons. The third-order valence-corrected chi connectivity index (χ3v) is 4.63. The van der Waals surface area contributed by atoms with Crippen molar-refractivity contribution in [2.24, 2.45) is 5.92 Å². The van der Waals surface area contributed by atoms with Crippen molar-refractivity contribution in [3.05, 3.63) is 0 Å². The maximum absolute atomic E-state index is 12.3. The number of likely N-dealkylation sites (tertiary alicyclic amines) is 1. The molecule has 2 rings (SSSR count). The minimum atomic E-state index is -0.0955. The van der Waals surface area contributed by atoms with Crippen LogP contribution >= 0.6 is 0 Å². The summed E-state index contributed by atoms with van der Waals surface area (Å²) in [6.07, 6.45) is 6.14. The molecule has 0 saturated carbocycles. The highest BCUT2D eigenvalue weighted by Gasteiger charge is 2.30. The minimum absolute atomic E-state index is 0.0119. The molecule has 2 aliphatic heterocycles. The molecule has 2 aliphatic rings. The number of piperidine rings is 1. The summed E-state index contributed by atoms with van der Waals surface area (Å²) in [7, 11) is 3.26. The van der Waals surface area contributed by atoms with E-state index in [4.69, 9.17) is 14.2 Å². The molecule has 1 N–H and O–H groups in total. The molecule has 2 fully saturated rings. The number of methoxy groups -OCH3 is 2. The second kappa shape index (κ2) is 9.33. The number of amides is 2. The zero-order valence-electron chi connectivity index (χ0n) is 13.9. The number of ether oxygens (including phenoxy) is 3. The van der Waals surface area contributed by atoms with E-state index in [-0.39, 0.29) is 12.1 Å². The van der Waals surface area contributed by atoms with E-state index in [1.54, 1.807) is 14.2 Å². The molecular weight excluding hydrogens is 284 g/mol. The Morgan fingerprint density at radius 3 is 2.41 bits per heavy atom. The Balaban J connectivity index is 1.73. The summed E-state index contributed by atoms with van der Waals surface area (Å²) in [6, 6.07) is -0.107. The van der Waals surface area contributed by atoms with E-state index >= 15 is 0 Å². The molecule has 0 aliphatic carbocycles. The average Bonchev–Trinajstić information content (AvgIpc) is 2.56. The van der Waals surface area contributed by atoms with Crippen molar-refractivity contribution in [2.75, 3.05) is 47.1 Å². The summed E-state index contributed by atoms with van der Waals surface area (Å²) in [5.74, 6) is 0.609. The third-order valence-electron chi connectivity index (χ3n) is 4.63. The Kier molecular flexibility index (Phi) is 7.42. The van der Waals surface area contributed by atoms with Crippen LogP contribution in [-0.2, 0) is 14.2 Å². The molecule has 2 amide bonds. The van der Waals surface area contributed by atoms with Gasteiger partial charge in [-0.05, 0) is 38.0 Å². The van der Waals surface area contributed by atoms with Gasteiger partial charge in [0.2, 0.25) is 0 Å². The first-order valence-electron chi connectivity index (χ1n) is 8.39. The average molecular weight is 314 g/mol. The van der Waals surface area contributed by atoms with Crippen LogP contribution in [0.4, 0.5) is 4.79 Å². The van der Waals surface area contributed by atoms with Crippen molar-refractivity contribution in [1.82, 2.24) is 10.2 Å². The van der Waals surface area contributed by atoms with Crippen LogP contribution in [0.2, 0.25) is 0 Å². The van der Waals surface area contributed by atoms with Gasteiger partial charge in [-0.25, -0.2) is 4.79 Å². The molecule has 0 aromatic rings. The molecule has 6 nitrogen and oxygen atoms in total. The van der Waals surface area contributed by atoms with Crippen LogP contribution in [0.25, 0.3) is 0 Å². The summed E-state index contributed by atoms with van der Waals surface area (Å²) in [5, 5.41) is 2.99. The highest BCUT2D eigenvalue weighted by atomic mass is 16.5. The molecule has 0 aromatic carbocycles. The van der Waals surface area contributed by atoms with Crippen LogP contribution in [0.3, 0.4) is 0 Å².